The number of likely N-dealkylation sites (N-methyl/N-ethyl adjacent to an activating group) is 1. The van der Waals surface area contributed by atoms with Crippen molar-refractivity contribution in [2.24, 2.45) is 5.92 Å². The Morgan fingerprint density at radius 1 is 1.13 bits per heavy atom. The highest BCUT2D eigenvalue weighted by Crippen LogP contribution is 2.28. The molecule has 0 radical (unpaired) electrons. The summed E-state index contributed by atoms with van der Waals surface area (Å²) in [5, 5.41) is 14.0. The molecule has 0 amide bonds. The van der Waals surface area contributed by atoms with Crippen LogP contribution in [0.15, 0.2) is 18.2 Å². The molecule has 1 aromatic rings. The molecule has 0 unspecified atom stereocenters. The van der Waals surface area contributed by atoms with Gasteiger partial charge in [0.2, 0.25) is 0 Å². The molecule has 30 heavy (non-hydrogen) atoms. The molecule has 0 spiro atoms. The molecule has 1 aliphatic heterocycles. The van der Waals surface area contributed by atoms with Gasteiger partial charge in [-0.25, -0.2) is 0 Å². The van der Waals surface area contributed by atoms with E-state index in [0.717, 1.165) is 39.1 Å². The van der Waals surface area contributed by atoms with Crippen molar-refractivity contribution >= 4 is 0 Å². The number of hydrogen-bond acceptors (Lipinski definition) is 6. The summed E-state index contributed by atoms with van der Waals surface area (Å²) in [6.07, 6.45) is 8.19. The minimum atomic E-state index is -0.512. The SMILES string of the molecule is COc1cc(CNCC2CCOCC2)ccc1OC[C@@H](O)CN(C)C1CCCCC1. The van der Waals surface area contributed by atoms with Crippen molar-refractivity contribution in [1.29, 1.82) is 0 Å². The largest absolute Gasteiger partial charge is 0.493 e. The van der Waals surface area contributed by atoms with Gasteiger partial charge in [-0.05, 0) is 62.9 Å². The van der Waals surface area contributed by atoms with Crippen molar-refractivity contribution in [3.63, 3.8) is 0 Å². The molecule has 1 aromatic carbocycles. The lowest BCUT2D eigenvalue weighted by Crippen LogP contribution is -2.40. The van der Waals surface area contributed by atoms with Gasteiger partial charge in [0, 0.05) is 32.3 Å². The Balaban J connectivity index is 1.42. The Morgan fingerprint density at radius 2 is 1.90 bits per heavy atom. The molecule has 0 bridgehead atoms. The Bertz CT molecular complexity index is 615. The lowest BCUT2D eigenvalue weighted by Gasteiger charge is -2.32. The lowest BCUT2D eigenvalue weighted by atomic mass is 9.94. The molecule has 1 aliphatic carbocycles. The third-order valence-corrected chi connectivity index (χ3v) is 6.46. The highest BCUT2D eigenvalue weighted by Gasteiger charge is 2.20. The van der Waals surface area contributed by atoms with Gasteiger partial charge < -0.3 is 29.5 Å². The molecule has 1 atom stereocenters. The van der Waals surface area contributed by atoms with E-state index in [1.165, 1.54) is 37.7 Å². The molecule has 6 nitrogen and oxygen atoms in total. The maximum absolute atomic E-state index is 10.4. The zero-order valence-electron chi connectivity index (χ0n) is 18.8. The van der Waals surface area contributed by atoms with Gasteiger partial charge in [0.15, 0.2) is 11.5 Å². The smallest absolute Gasteiger partial charge is 0.161 e. The van der Waals surface area contributed by atoms with Crippen molar-refractivity contribution in [1.82, 2.24) is 10.2 Å². The van der Waals surface area contributed by atoms with E-state index < -0.39 is 6.10 Å². The standard InChI is InChI=1S/C24H40N2O4/c1-26(21-6-4-3-5-7-21)17-22(27)18-30-23-9-8-20(14-24(23)28-2)16-25-15-19-10-12-29-13-11-19/h8-9,14,19,21-22,25,27H,3-7,10-13,15-18H2,1-2H3/t22-/m0/s1. The molecule has 2 N–H and O–H groups in total. The fourth-order valence-corrected chi connectivity index (χ4v) is 4.55. The van der Waals surface area contributed by atoms with Crippen LogP contribution in [0.2, 0.25) is 0 Å². The van der Waals surface area contributed by atoms with Crippen molar-refractivity contribution in [3.8, 4) is 11.5 Å². The first-order valence-corrected chi connectivity index (χ1v) is 11.6. The summed E-state index contributed by atoms with van der Waals surface area (Å²) in [7, 11) is 3.77. The Kier molecular flexibility index (Phi) is 9.72. The number of nitrogens with zero attached hydrogens (tertiary/aromatic N) is 1. The molecular weight excluding hydrogens is 380 g/mol. The van der Waals surface area contributed by atoms with E-state index in [2.05, 4.69) is 23.3 Å². The van der Waals surface area contributed by atoms with Gasteiger partial charge in [0.1, 0.15) is 12.7 Å². The van der Waals surface area contributed by atoms with Gasteiger partial charge in [0.25, 0.3) is 0 Å². The van der Waals surface area contributed by atoms with Crippen LogP contribution >= 0.6 is 0 Å². The third kappa shape index (κ3) is 7.41. The van der Waals surface area contributed by atoms with Crippen LogP contribution in [-0.4, -0.2) is 69.2 Å². The first kappa shape index (κ1) is 23.3. The van der Waals surface area contributed by atoms with Crippen LogP contribution in [0.25, 0.3) is 0 Å². The highest BCUT2D eigenvalue weighted by molar-refractivity contribution is 5.43. The van der Waals surface area contributed by atoms with Gasteiger partial charge in [-0.2, -0.15) is 0 Å². The van der Waals surface area contributed by atoms with Gasteiger partial charge in [-0.1, -0.05) is 25.3 Å². The molecule has 170 valence electrons. The second kappa shape index (κ2) is 12.5. The first-order chi connectivity index (χ1) is 14.7. The molecule has 3 rings (SSSR count). The number of aliphatic hydroxyl groups is 1. The number of ether oxygens (including phenoxy) is 3. The minimum Gasteiger partial charge on any atom is -0.493 e. The van der Waals surface area contributed by atoms with Gasteiger partial charge in [-0.3, -0.25) is 0 Å². The summed E-state index contributed by atoms with van der Waals surface area (Å²) in [5.74, 6) is 2.11. The summed E-state index contributed by atoms with van der Waals surface area (Å²) < 4.78 is 16.8. The number of benzene rings is 1. The number of nitrogens with one attached hydrogen (secondary N) is 1. The molecule has 1 heterocycles. The lowest BCUT2D eigenvalue weighted by molar-refractivity contribution is 0.0553. The number of methoxy groups -OCH3 is 1. The van der Waals surface area contributed by atoms with Crippen LogP contribution in [0, 0.1) is 5.92 Å². The number of aliphatic hydroxyl groups excluding tert-OH is 1. The quantitative estimate of drug-likeness (QED) is 0.573. The van der Waals surface area contributed by atoms with Crippen LogP contribution in [0.4, 0.5) is 0 Å². The summed E-state index contributed by atoms with van der Waals surface area (Å²) in [6.45, 7) is 4.51. The maximum atomic E-state index is 10.4. The average Bonchev–Trinajstić information content (AvgIpc) is 2.79. The second-order valence-electron chi connectivity index (χ2n) is 8.87. The molecule has 2 fully saturated rings. The van der Waals surface area contributed by atoms with E-state index >= 15 is 0 Å². The van der Waals surface area contributed by atoms with E-state index in [1.54, 1.807) is 7.11 Å². The van der Waals surface area contributed by atoms with Crippen LogP contribution in [0.1, 0.15) is 50.5 Å². The zero-order valence-corrected chi connectivity index (χ0v) is 18.8. The predicted octanol–water partition coefficient (Wildman–Crippen LogP) is 3.22. The maximum Gasteiger partial charge on any atom is 0.161 e. The fourth-order valence-electron chi connectivity index (χ4n) is 4.55. The van der Waals surface area contributed by atoms with Gasteiger partial charge in [0.05, 0.1) is 7.11 Å². The van der Waals surface area contributed by atoms with Crippen molar-refractivity contribution in [2.75, 3.05) is 47.1 Å². The molecule has 0 aromatic heterocycles. The molecule has 1 saturated heterocycles. The van der Waals surface area contributed by atoms with Crippen molar-refractivity contribution in [3.05, 3.63) is 23.8 Å². The normalized spacial score (nSPS) is 19.7. The van der Waals surface area contributed by atoms with Crippen LogP contribution in [-0.2, 0) is 11.3 Å². The third-order valence-electron chi connectivity index (χ3n) is 6.46. The highest BCUT2D eigenvalue weighted by atomic mass is 16.5. The second-order valence-corrected chi connectivity index (χ2v) is 8.87. The van der Waals surface area contributed by atoms with E-state index in [1.807, 2.05) is 12.1 Å². The zero-order chi connectivity index (χ0) is 21.2. The van der Waals surface area contributed by atoms with Crippen molar-refractivity contribution < 1.29 is 19.3 Å². The van der Waals surface area contributed by atoms with E-state index in [-0.39, 0.29) is 6.61 Å². The monoisotopic (exact) mass is 420 g/mol. The Morgan fingerprint density at radius 3 is 2.63 bits per heavy atom. The van der Waals surface area contributed by atoms with Crippen molar-refractivity contribution in [2.45, 2.75) is 63.6 Å². The summed E-state index contributed by atoms with van der Waals surface area (Å²) in [4.78, 5) is 2.29. The molecule has 6 heteroatoms. The number of hydrogen-bond donors (Lipinski definition) is 2. The molecule has 2 aliphatic rings. The summed E-state index contributed by atoms with van der Waals surface area (Å²) in [6, 6.07) is 6.63. The Hall–Kier alpha value is -1.34. The predicted molar refractivity (Wildman–Crippen MR) is 119 cm³/mol. The summed E-state index contributed by atoms with van der Waals surface area (Å²) in [5.41, 5.74) is 1.17. The summed E-state index contributed by atoms with van der Waals surface area (Å²) >= 11 is 0. The van der Waals surface area contributed by atoms with Crippen LogP contribution in [0.3, 0.4) is 0 Å². The van der Waals surface area contributed by atoms with Gasteiger partial charge >= 0.3 is 0 Å². The van der Waals surface area contributed by atoms with E-state index in [0.29, 0.717) is 30.0 Å². The molecule has 1 saturated carbocycles. The topological polar surface area (TPSA) is 63.2 Å². The van der Waals surface area contributed by atoms with E-state index in [4.69, 9.17) is 14.2 Å². The fraction of sp³-hybridized carbons (Fsp3) is 0.750. The van der Waals surface area contributed by atoms with Crippen LogP contribution < -0.4 is 14.8 Å². The van der Waals surface area contributed by atoms with E-state index in [9.17, 15) is 5.11 Å². The first-order valence-electron chi connectivity index (χ1n) is 11.6. The average molecular weight is 421 g/mol. The Labute approximate surface area is 181 Å². The molecular formula is C24H40N2O4. The minimum absolute atomic E-state index is 0.273. The van der Waals surface area contributed by atoms with Gasteiger partial charge in [-0.15, -0.1) is 0 Å². The number of rotatable bonds is 11. The van der Waals surface area contributed by atoms with Crippen LogP contribution in [0.5, 0.6) is 11.5 Å².